The summed E-state index contributed by atoms with van der Waals surface area (Å²) in [4.78, 5) is 52.9. The van der Waals surface area contributed by atoms with Crippen molar-refractivity contribution < 1.29 is 19.1 Å². The molecule has 0 radical (unpaired) electrons. The number of thiophene rings is 1. The molecule has 0 saturated carbocycles. The van der Waals surface area contributed by atoms with Crippen LogP contribution in [0.1, 0.15) is 41.6 Å². The van der Waals surface area contributed by atoms with Gasteiger partial charge in [-0.05, 0) is 45.2 Å². The molecule has 2 aromatic heterocycles. The lowest BCUT2D eigenvalue weighted by Crippen LogP contribution is -2.42. The van der Waals surface area contributed by atoms with Gasteiger partial charge in [0.05, 0.1) is 16.9 Å². The summed E-state index contributed by atoms with van der Waals surface area (Å²) in [5.74, 6) is -1.03. The lowest BCUT2D eigenvalue weighted by molar-refractivity contribution is -0.155. The molecule has 0 spiro atoms. The molecule has 3 aromatic rings. The van der Waals surface area contributed by atoms with Crippen LogP contribution >= 0.6 is 11.3 Å². The van der Waals surface area contributed by atoms with Crippen LogP contribution in [0.3, 0.4) is 0 Å². The third kappa shape index (κ3) is 6.26. The summed E-state index contributed by atoms with van der Waals surface area (Å²) < 4.78 is 12.7. The summed E-state index contributed by atoms with van der Waals surface area (Å²) in [7, 11) is 1.54. The highest BCUT2D eigenvalue weighted by Crippen LogP contribution is 2.28. The number of ether oxygens (including phenoxy) is 2. The first-order valence-electron chi connectivity index (χ1n) is 11.3. The number of esters is 1. The number of carbonyl (C=O) groups is 2. The maximum Gasteiger partial charge on any atom is 0.332 e. The number of rotatable bonds is 9. The summed E-state index contributed by atoms with van der Waals surface area (Å²) in [6.45, 7) is 7.24. The number of aryl methyl sites for hydroxylation is 3. The fraction of sp³-hybridized carbons (Fsp3) is 0.440. The molecule has 9 nitrogen and oxygen atoms in total. The van der Waals surface area contributed by atoms with Crippen LogP contribution in [0.2, 0.25) is 0 Å². The number of hydrogen-bond acceptors (Lipinski definition) is 7. The van der Waals surface area contributed by atoms with Crippen LogP contribution in [-0.4, -0.2) is 46.9 Å². The molecular formula is C25H31N3O6S. The molecule has 1 amide bonds. The molecule has 0 aliphatic carbocycles. The first-order valence-corrected chi connectivity index (χ1v) is 12.1. The van der Waals surface area contributed by atoms with Gasteiger partial charge in [-0.2, -0.15) is 0 Å². The van der Waals surface area contributed by atoms with E-state index in [2.05, 4.69) is 5.32 Å². The Hall–Kier alpha value is -3.24. The highest BCUT2D eigenvalue weighted by atomic mass is 32.1. The van der Waals surface area contributed by atoms with Crippen LogP contribution in [0.15, 0.2) is 39.9 Å². The minimum absolute atomic E-state index is 0.253. The van der Waals surface area contributed by atoms with Gasteiger partial charge in [-0.15, -0.1) is 11.3 Å². The number of benzene rings is 1. The molecule has 0 aliphatic rings. The highest BCUT2D eigenvalue weighted by Gasteiger charge is 2.25. The van der Waals surface area contributed by atoms with Crippen molar-refractivity contribution in [2.75, 3.05) is 20.3 Å². The molecule has 0 atom stereocenters. The summed E-state index contributed by atoms with van der Waals surface area (Å²) in [5.41, 5.74) is -0.504. The number of hydrogen-bond donors (Lipinski definition) is 1. The number of aromatic nitrogens is 2. The third-order valence-electron chi connectivity index (χ3n) is 5.27. The second-order valence-electron chi connectivity index (χ2n) is 9.13. The number of nitrogens with zero attached hydrogens (tertiary/aromatic N) is 2. The van der Waals surface area contributed by atoms with Crippen molar-refractivity contribution in [2.45, 2.75) is 52.8 Å². The molecule has 1 aromatic carbocycles. The molecule has 2 heterocycles. The van der Waals surface area contributed by atoms with E-state index in [4.69, 9.17) is 9.47 Å². The van der Waals surface area contributed by atoms with E-state index in [-0.39, 0.29) is 17.8 Å². The summed E-state index contributed by atoms with van der Waals surface area (Å²) in [6, 6.07) is 9.64. The van der Waals surface area contributed by atoms with Crippen LogP contribution in [0.4, 0.5) is 0 Å². The number of fused-ring (bicyclic) bond motifs is 1. The Morgan fingerprint density at radius 2 is 1.77 bits per heavy atom. The normalized spacial score (nSPS) is 11.6. The standard InChI is InChI=1S/C25H31N3O6S/c1-16-19-22(31)28(15-18(29)34-25(2,3)4)24(32)27(13-11-17-9-7-6-8-10-17)23(19)35-20(16)21(30)26-12-14-33-5/h6-10H,11-15H2,1-5H3,(H,26,30). The van der Waals surface area contributed by atoms with E-state index in [0.29, 0.717) is 34.8 Å². The van der Waals surface area contributed by atoms with E-state index in [1.54, 1.807) is 27.7 Å². The summed E-state index contributed by atoms with van der Waals surface area (Å²) in [6.07, 6.45) is 0.535. The van der Waals surface area contributed by atoms with E-state index < -0.39 is 29.4 Å². The van der Waals surface area contributed by atoms with Crippen molar-refractivity contribution in [3.05, 3.63) is 67.2 Å². The molecule has 188 valence electrons. The van der Waals surface area contributed by atoms with Gasteiger partial charge in [-0.3, -0.25) is 19.0 Å². The van der Waals surface area contributed by atoms with Crippen molar-refractivity contribution in [1.82, 2.24) is 14.5 Å². The van der Waals surface area contributed by atoms with Crippen molar-refractivity contribution in [3.63, 3.8) is 0 Å². The Labute approximate surface area is 207 Å². The molecule has 0 fully saturated rings. The predicted octanol–water partition coefficient (Wildman–Crippen LogP) is 2.49. The number of nitrogens with one attached hydrogen (secondary N) is 1. The van der Waals surface area contributed by atoms with Gasteiger partial charge >= 0.3 is 11.7 Å². The van der Waals surface area contributed by atoms with Crippen LogP contribution < -0.4 is 16.6 Å². The highest BCUT2D eigenvalue weighted by molar-refractivity contribution is 7.20. The van der Waals surface area contributed by atoms with E-state index in [9.17, 15) is 19.2 Å². The Morgan fingerprint density at radius 3 is 2.40 bits per heavy atom. The van der Waals surface area contributed by atoms with Crippen LogP contribution in [0.5, 0.6) is 0 Å². The van der Waals surface area contributed by atoms with E-state index in [0.717, 1.165) is 21.5 Å². The van der Waals surface area contributed by atoms with Crippen molar-refractivity contribution in [2.24, 2.45) is 0 Å². The predicted molar refractivity (Wildman–Crippen MR) is 135 cm³/mol. The summed E-state index contributed by atoms with van der Waals surface area (Å²) in [5, 5.41) is 3.01. The molecular weight excluding hydrogens is 470 g/mol. The average molecular weight is 502 g/mol. The number of methoxy groups -OCH3 is 1. The van der Waals surface area contributed by atoms with Crippen LogP contribution in [0, 0.1) is 6.92 Å². The summed E-state index contributed by atoms with van der Waals surface area (Å²) >= 11 is 1.10. The van der Waals surface area contributed by atoms with Crippen LogP contribution in [-0.2, 0) is 33.8 Å². The smallest absolute Gasteiger partial charge is 0.332 e. The molecule has 35 heavy (non-hydrogen) atoms. The SMILES string of the molecule is COCCNC(=O)c1sc2c(c1C)c(=O)n(CC(=O)OC(C)(C)C)c(=O)n2CCc1ccccc1. The number of amides is 1. The minimum Gasteiger partial charge on any atom is -0.459 e. The van der Waals surface area contributed by atoms with Gasteiger partial charge < -0.3 is 14.8 Å². The number of carbonyl (C=O) groups excluding carboxylic acids is 2. The van der Waals surface area contributed by atoms with E-state index in [1.807, 2.05) is 30.3 Å². The van der Waals surface area contributed by atoms with Crippen molar-refractivity contribution in [3.8, 4) is 0 Å². The van der Waals surface area contributed by atoms with Gasteiger partial charge in [0.1, 0.15) is 17.0 Å². The molecule has 0 unspecified atom stereocenters. The lowest BCUT2D eigenvalue weighted by atomic mass is 10.1. The fourth-order valence-corrected chi connectivity index (χ4v) is 4.92. The zero-order chi connectivity index (χ0) is 25.8. The van der Waals surface area contributed by atoms with Crippen molar-refractivity contribution >= 4 is 33.4 Å². The first-order chi connectivity index (χ1) is 16.5. The van der Waals surface area contributed by atoms with Crippen molar-refractivity contribution in [1.29, 1.82) is 0 Å². The van der Waals surface area contributed by atoms with Gasteiger partial charge in [-0.1, -0.05) is 30.3 Å². The molecule has 3 rings (SSSR count). The Kier molecular flexibility index (Phi) is 8.29. The Balaban J connectivity index is 2.12. The zero-order valence-corrected chi connectivity index (χ0v) is 21.5. The molecule has 0 aliphatic heterocycles. The molecule has 0 saturated heterocycles. The molecule has 10 heteroatoms. The van der Waals surface area contributed by atoms with Gasteiger partial charge in [-0.25, -0.2) is 9.36 Å². The largest absolute Gasteiger partial charge is 0.459 e. The van der Waals surface area contributed by atoms with E-state index >= 15 is 0 Å². The maximum atomic E-state index is 13.4. The van der Waals surface area contributed by atoms with Gasteiger partial charge in [0.15, 0.2) is 0 Å². The van der Waals surface area contributed by atoms with Gasteiger partial charge in [0.2, 0.25) is 0 Å². The first kappa shape index (κ1) is 26.4. The van der Waals surface area contributed by atoms with Gasteiger partial charge in [0.25, 0.3) is 11.5 Å². The minimum atomic E-state index is -0.761. The zero-order valence-electron chi connectivity index (χ0n) is 20.7. The van der Waals surface area contributed by atoms with Crippen LogP contribution in [0.25, 0.3) is 10.2 Å². The monoisotopic (exact) mass is 501 g/mol. The topological polar surface area (TPSA) is 109 Å². The third-order valence-corrected chi connectivity index (χ3v) is 6.58. The second-order valence-corrected chi connectivity index (χ2v) is 10.1. The molecule has 0 bridgehead atoms. The fourth-order valence-electron chi connectivity index (χ4n) is 3.68. The second kappa shape index (κ2) is 11.0. The molecule has 1 N–H and O–H groups in total. The van der Waals surface area contributed by atoms with E-state index in [1.165, 1.54) is 11.7 Å². The Morgan fingerprint density at radius 1 is 1.09 bits per heavy atom. The lowest BCUT2D eigenvalue weighted by Gasteiger charge is -2.20. The average Bonchev–Trinajstić information content (AvgIpc) is 3.13. The maximum absolute atomic E-state index is 13.4. The quantitative estimate of drug-likeness (QED) is 0.357. The Bertz CT molecular complexity index is 1330. The van der Waals surface area contributed by atoms with Gasteiger partial charge in [0, 0.05) is 20.2 Å².